The Morgan fingerprint density at radius 3 is 2.61 bits per heavy atom. The summed E-state index contributed by atoms with van der Waals surface area (Å²) in [6, 6.07) is 0. The third kappa shape index (κ3) is 4.93. The van der Waals surface area contributed by atoms with Gasteiger partial charge in [0.2, 0.25) is 0 Å². The average molecular weight is 453 g/mol. The van der Waals surface area contributed by atoms with E-state index in [4.69, 9.17) is 4.74 Å². The molecule has 0 aliphatic heterocycles. The average Bonchev–Trinajstić information content (AvgIpc) is 3.12. The van der Waals surface area contributed by atoms with Crippen LogP contribution in [0.3, 0.4) is 0 Å². The number of rotatable bonds is 10. The highest BCUT2D eigenvalue weighted by molar-refractivity contribution is 6.01. The van der Waals surface area contributed by atoms with Gasteiger partial charge in [0.15, 0.2) is 5.78 Å². The number of hydrogen-bond donors (Lipinski definition) is 0. The second-order valence-corrected chi connectivity index (χ2v) is 11.7. The first kappa shape index (κ1) is 24.5. The lowest BCUT2D eigenvalue weighted by Crippen LogP contribution is -2.51. The Balaban J connectivity index is 1.28. The molecule has 0 amide bonds. The molecule has 0 aromatic heterocycles. The summed E-state index contributed by atoms with van der Waals surface area (Å²) in [5, 5.41) is 0. The van der Waals surface area contributed by atoms with Crippen molar-refractivity contribution in [1.82, 2.24) is 0 Å². The fourth-order valence-corrected chi connectivity index (χ4v) is 7.83. The summed E-state index contributed by atoms with van der Waals surface area (Å²) in [5.74, 6) is 2.09. The van der Waals surface area contributed by atoms with Crippen molar-refractivity contribution in [3.63, 3.8) is 0 Å². The van der Waals surface area contributed by atoms with Crippen LogP contribution in [0.5, 0.6) is 0 Å². The molecule has 6 atom stereocenters. The van der Waals surface area contributed by atoms with Gasteiger partial charge in [-0.05, 0) is 87.7 Å². The maximum absolute atomic E-state index is 12.7. The molecule has 0 bridgehead atoms. The summed E-state index contributed by atoms with van der Waals surface area (Å²) in [4.78, 5) is 24.6. The number of esters is 1. The Morgan fingerprint density at radius 1 is 1.06 bits per heavy atom. The number of ketones is 1. The molecular formula is C30H44O3. The van der Waals surface area contributed by atoms with Gasteiger partial charge in [-0.3, -0.25) is 9.59 Å². The molecule has 0 unspecified atom stereocenters. The zero-order valence-corrected chi connectivity index (χ0v) is 21.0. The quantitative estimate of drug-likeness (QED) is 0.196. The lowest BCUT2D eigenvalue weighted by Gasteiger charge is -2.56. The van der Waals surface area contributed by atoms with Gasteiger partial charge in [-0.15, -0.1) is 6.58 Å². The van der Waals surface area contributed by atoms with Gasteiger partial charge in [-0.1, -0.05) is 57.3 Å². The first-order valence-electron chi connectivity index (χ1n) is 13.6. The normalized spacial score (nSPS) is 37.0. The Bertz CT molecular complexity index is 807. The first-order chi connectivity index (χ1) is 15.9. The molecule has 0 heterocycles. The molecule has 4 rings (SSSR count). The standard InChI is InChI=1S/C30H44O3/c1-4-5-6-7-8-9-10-11-12-28(32)33-27-16-15-25-24-14-13-22-21-23(31)17-19-29(22,2)26(24)18-20-30(25,27)3/h4,17,19,21,24-27H,1,5-16,18,20H2,2-3H3/t24-,25-,26-,27-,29+,30-/m0/s1. The molecule has 0 aromatic carbocycles. The van der Waals surface area contributed by atoms with Gasteiger partial charge in [-0.25, -0.2) is 0 Å². The summed E-state index contributed by atoms with van der Waals surface area (Å²) in [6.45, 7) is 8.53. The minimum absolute atomic E-state index is 0.0187. The lowest BCUT2D eigenvalue weighted by molar-refractivity contribution is -0.159. The summed E-state index contributed by atoms with van der Waals surface area (Å²) in [5.41, 5.74) is 1.51. The van der Waals surface area contributed by atoms with E-state index in [9.17, 15) is 9.59 Å². The summed E-state index contributed by atoms with van der Waals surface area (Å²) >= 11 is 0. The van der Waals surface area contributed by atoms with Crippen LogP contribution in [-0.2, 0) is 14.3 Å². The summed E-state index contributed by atoms with van der Waals surface area (Å²) in [6.07, 6.45) is 23.4. The lowest BCUT2D eigenvalue weighted by atomic mass is 9.48. The van der Waals surface area contributed by atoms with Crippen LogP contribution in [0.4, 0.5) is 0 Å². The van der Waals surface area contributed by atoms with E-state index in [0.717, 1.165) is 38.5 Å². The predicted molar refractivity (Wildman–Crippen MR) is 134 cm³/mol. The van der Waals surface area contributed by atoms with Gasteiger partial charge in [0.1, 0.15) is 6.10 Å². The molecule has 3 saturated carbocycles. The maximum atomic E-state index is 12.7. The highest BCUT2D eigenvalue weighted by Gasteiger charge is 2.59. The molecule has 0 saturated heterocycles. The Hall–Kier alpha value is -1.64. The highest BCUT2D eigenvalue weighted by Crippen LogP contribution is 2.64. The van der Waals surface area contributed by atoms with Crippen LogP contribution in [0.25, 0.3) is 0 Å². The number of ether oxygens (including phenoxy) is 1. The van der Waals surface area contributed by atoms with E-state index < -0.39 is 0 Å². The van der Waals surface area contributed by atoms with Crippen LogP contribution in [0.2, 0.25) is 0 Å². The van der Waals surface area contributed by atoms with E-state index >= 15 is 0 Å². The molecule has 182 valence electrons. The van der Waals surface area contributed by atoms with Crippen molar-refractivity contribution in [2.24, 2.45) is 28.6 Å². The smallest absolute Gasteiger partial charge is 0.306 e. The van der Waals surface area contributed by atoms with Crippen molar-refractivity contribution >= 4 is 11.8 Å². The van der Waals surface area contributed by atoms with E-state index in [1.807, 2.05) is 12.2 Å². The number of fused-ring (bicyclic) bond motifs is 5. The van der Waals surface area contributed by atoms with Crippen LogP contribution >= 0.6 is 0 Å². The zero-order chi connectivity index (χ0) is 23.5. The van der Waals surface area contributed by atoms with Crippen molar-refractivity contribution in [3.8, 4) is 0 Å². The summed E-state index contributed by atoms with van der Waals surface area (Å²) < 4.78 is 6.15. The molecule has 33 heavy (non-hydrogen) atoms. The second kappa shape index (κ2) is 10.3. The number of unbranched alkanes of at least 4 members (excludes halogenated alkanes) is 6. The molecule has 3 fully saturated rings. The van der Waals surface area contributed by atoms with Crippen molar-refractivity contribution in [3.05, 3.63) is 36.5 Å². The third-order valence-corrected chi connectivity index (χ3v) is 9.78. The van der Waals surface area contributed by atoms with E-state index in [2.05, 4.69) is 26.5 Å². The molecule has 3 nitrogen and oxygen atoms in total. The highest BCUT2D eigenvalue weighted by atomic mass is 16.5. The van der Waals surface area contributed by atoms with Gasteiger partial charge < -0.3 is 4.74 Å². The number of allylic oxidation sites excluding steroid dienone is 5. The number of hydrogen-bond acceptors (Lipinski definition) is 3. The van der Waals surface area contributed by atoms with Crippen LogP contribution < -0.4 is 0 Å². The number of carbonyl (C=O) groups is 2. The van der Waals surface area contributed by atoms with Gasteiger partial charge in [0.05, 0.1) is 0 Å². The summed E-state index contributed by atoms with van der Waals surface area (Å²) in [7, 11) is 0. The van der Waals surface area contributed by atoms with E-state index in [-0.39, 0.29) is 28.7 Å². The molecule has 3 heteroatoms. The van der Waals surface area contributed by atoms with Crippen LogP contribution in [-0.4, -0.2) is 17.9 Å². The minimum Gasteiger partial charge on any atom is -0.462 e. The zero-order valence-electron chi connectivity index (χ0n) is 21.0. The second-order valence-electron chi connectivity index (χ2n) is 11.7. The Labute approximate surface area is 201 Å². The fourth-order valence-electron chi connectivity index (χ4n) is 7.83. The van der Waals surface area contributed by atoms with Gasteiger partial charge in [-0.2, -0.15) is 0 Å². The molecule has 0 N–H and O–H groups in total. The molecule has 0 radical (unpaired) electrons. The van der Waals surface area contributed by atoms with Crippen molar-refractivity contribution < 1.29 is 14.3 Å². The molecule has 4 aliphatic carbocycles. The van der Waals surface area contributed by atoms with Crippen molar-refractivity contribution in [1.29, 1.82) is 0 Å². The number of carbonyl (C=O) groups excluding carboxylic acids is 2. The maximum Gasteiger partial charge on any atom is 0.306 e. The van der Waals surface area contributed by atoms with Crippen LogP contribution in [0.15, 0.2) is 36.5 Å². The van der Waals surface area contributed by atoms with E-state index in [1.165, 1.54) is 50.5 Å². The largest absolute Gasteiger partial charge is 0.462 e. The Morgan fingerprint density at radius 2 is 1.82 bits per heavy atom. The fraction of sp³-hybridized carbons (Fsp3) is 0.733. The van der Waals surface area contributed by atoms with Crippen molar-refractivity contribution in [2.75, 3.05) is 0 Å². The van der Waals surface area contributed by atoms with Crippen LogP contribution in [0.1, 0.15) is 104 Å². The molecule has 0 aromatic rings. The van der Waals surface area contributed by atoms with Crippen LogP contribution in [0, 0.1) is 28.6 Å². The van der Waals surface area contributed by atoms with Gasteiger partial charge >= 0.3 is 5.97 Å². The Kier molecular flexibility index (Phi) is 7.66. The topological polar surface area (TPSA) is 43.4 Å². The minimum atomic E-state index is 0.0187. The monoisotopic (exact) mass is 452 g/mol. The molecule has 4 aliphatic rings. The first-order valence-corrected chi connectivity index (χ1v) is 13.6. The SMILES string of the molecule is C=CCCCCCCCCC(=O)O[C@H]1CC[C@H]2[C@@H]3CCC4=CC(=O)C=C[C@@]4(C)[C@H]3CC[C@]12C. The van der Waals surface area contributed by atoms with Gasteiger partial charge in [0, 0.05) is 17.3 Å². The molecular weight excluding hydrogens is 408 g/mol. The van der Waals surface area contributed by atoms with E-state index in [0.29, 0.717) is 24.2 Å². The third-order valence-electron chi connectivity index (χ3n) is 9.78. The van der Waals surface area contributed by atoms with Crippen molar-refractivity contribution in [2.45, 2.75) is 110 Å². The van der Waals surface area contributed by atoms with E-state index in [1.54, 1.807) is 6.08 Å². The molecule has 0 spiro atoms. The predicted octanol–water partition coefficient (Wildman–Crippen LogP) is 7.51. The van der Waals surface area contributed by atoms with Gasteiger partial charge in [0.25, 0.3) is 0 Å².